The maximum atomic E-state index is 5.85. The van der Waals surface area contributed by atoms with Crippen LogP contribution in [-0.2, 0) is 13.1 Å². The van der Waals surface area contributed by atoms with Crippen molar-refractivity contribution in [1.82, 2.24) is 14.9 Å². The summed E-state index contributed by atoms with van der Waals surface area (Å²) in [6, 6.07) is 6.17. The molecule has 0 bridgehead atoms. The summed E-state index contributed by atoms with van der Waals surface area (Å²) >= 11 is 1.64. The van der Waals surface area contributed by atoms with E-state index >= 15 is 0 Å². The zero-order valence-corrected chi connectivity index (χ0v) is 13.2. The van der Waals surface area contributed by atoms with Gasteiger partial charge in [0.05, 0.1) is 17.4 Å². The molecule has 5 heteroatoms. The molecule has 0 saturated carbocycles. The summed E-state index contributed by atoms with van der Waals surface area (Å²) < 4.78 is 0. The molecule has 0 aromatic carbocycles. The molecule has 1 unspecified atom stereocenters. The lowest BCUT2D eigenvalue weighted by atomic mass is 10.3. The van der Waals surface area contributed by atoms with Crippen molar-refractivity contribution in [1.29, 1.82) is 0 Å². The molecule has 2 aromatic heterocycles. The molecule has 0 fully saturated rings. The van der Waals surface area contributed by atoms with Gasteiger partial charge in [0.2, 0.25) is 0 Å². The number of hydrogen-bond acceptors (Lipinski definition) is 5. The van der Waals surface area contributed by atoms with Crippen molar-refractivity contribution in [2.24, 2.45) is 5.73 Å². The summed E-state index contributed by atoms with van der Waals surface area (Å²) in [6.07, 6.45) is 0. The van der Waals surface area contributed by atoms with Crippen LogP contribution in [0.3, 0.4) is 0 Å². The Hall–Kier alpha value is -1.30. The minimum Gasteiger partial charge on any atom is -0.322 e. The second-order valence-electron chi connectivity index (χ2n) is 5.04. The van der Waals surface area contributed by atoms with Gasteiger partial charge in [-0.15, -0.1) is 11.3 Å². The molecule has 0 aliphatic rings. The second-order valence-corrected chi connectivity index (χ2v) is 5.93. The highest BCUT2D eigenvalue weighted by molar-refractivity contribution is 7.09. The number of thiazole rings is 1. The summed E-state index contributed by atoms with van der Waals surface area (Å²) in [4.78, 5) is 11.5. The van der Waals surface area contributed by atoms with Crippen LogP contribution in [0, 0.1) is 6.92 Å². The SMILES string of the molecule is CCN(Cc1cccc(C)n1)Cc1csc(C(C)N)n1. The average Bonchev–Trinajstić information content (AvgIpc) is 2.87. The molecule has 2 aromatic rings. The number of rotatable bonds is 6. The number of hydrogen-bond donors (Lipinski definition) is 1. The fourth-order valence-corrected chi connectivity index (χ4v) is 2.80. The quantitative estimate of drug-likeness (QED) is 0.889. The Morgan fingerprint density at radius 2 is 2.00 bits per heavy atom. The van der Waals surface area contributed by atoms with Crippen LogP contribution in [0.2, 0.25) is 0 Å². The van der Waals surface area contributed by atoms with Crippen LogP contribution in [0.25, 0.3) is 0 Å². The first-order valence-electron chi connectivity index (χ1n) is 6.93. The van der Waals surface area contributed by atoms with Crippen LogP contribution in [0.5, 0.6) is 0 Å². The minimum atomic E-state index is 0.0160. The number of pyridine rings is 1. The molecule has 0 saturated heterocycles. The third-order valence-corrected chi connectivity index (χ3v) is 4.22. The van der Waals surface area contributed by atoms with Gasteiger partial charge in [-0.3, -0.25) is 9.88 Å². The van der Waals surface area contributed by atoms with Crippen molar-refractivity contribution >= 4 is 11.3 Å². The molecule has 2 N–H and O–H groups in total. The lowest BCUT2D eigenvalue weighted by Crippen LogP contribution is -2.23. The van der Waals surface area contributed by atoms with Gasteiger partial charge in [-0.05, 0) is 32.5 Å². The maximum absolute atomic E-state index is 5.85. The fourth-order valence-electron chi connectivity index (χ4n) is 2.03. The van der Waals surface area contributed by atoms with Gasteiger partial charge in [0, 0.05) is 24.2 Å². The highest BCUT2D eigenvalue weighted by atomic mass is 32.1. The molecule has 108 valence electrons. The lowest BCUT2D eigenvalue weighted by molar-refractivity contribution is 0.265. The fraction of sp³-hybridized carbons (Fsp3) is 0.467. The second kappa shape index (κ2) is 6.92. The van der Waals surface area contributed by atoms with E-state index in [1.807, 2.05) is 19.9 Å². The highest BCUT2D eigenvalue weighted by Gasteiger charge is 2.10. The average molecular weight is 290 g/mol. The molecule has 0 radical (unpaired) electrons. The highest BCUT2D eigenvalue weighted by Crippen LogP contribution is 2.17. The van der Waals surface area contributed by atoms with E-state index in [1.54, 1.807) is 11.3 Å². The Bertz CT molecular complexity index is 550. The van der Waals surface area contributed by atoms with E-state index in [1.165, 1.54) is 0 Å². The van der Waals surface area contributed by atoms with Crippen molar-refractivity contribution < 1.29 is 0 Å². The summed E-state index contributed by atoms with van der Waals surface area (Å²) in [6.45, 7) is 8.82. The van der Waals surface area contributed by atoms with Gasteiger partial charge in [-0.2, -0.15) is 0 Å². The molecule has 4 nitrogen and oxygen atoms in total. The zero-order chi connectivity index (χ0) is 14.5. The molecule has 2 rings (SSSR count). The molecule has 0 aliphatic carbocycles. The van der Waals surface area contributed by atoms with Gasteiger partial charge >= 0.3 is 0 Å². The predicted molar refractivity (Wildman–Crippen MR) is 83.5 cm³/mol. The third kappa shape index (κ3) is 4.10. The van der Waals surface area contributed by atoms with E-state index < -0.39 is 0 Å². The molecular weight excluding hydrogens is 268 g/mol. The van der Waals surface area contributed by atoms with Gasteiger partial charge in [0.15, 0.2) is 0 Å². The Balaban J connectivity index is 2.01. The Morgan fingerprint density at radius 3 is 2.60 bits per heavy atom. The summed E-state index contributed by atoms with van der Waals surface area (Å²) in [5.74, 6) is 0. The smallest absolute Gasteiger partial charge is 0.109 e. The predicted octanol–water partition coefficient (Wildman–Crippen LogP) is 2.89. The van der Waals surface area contributed by atoms with Gasteiger partial charge in [0.25, 0.3) is 0 Å². The van der Waals surface area contributed by atoms with Crippen molar-refractivity contribution in [3.8, 4) is 0 Å². The van der Waals surface area contributed by atoms with E-state index in [-0.39, 0.29) is 6.04 Å². The Kier molecular flexibility index (Phi) is 5.23. The third-order valence-electron chi connectivity index (χ3n) is 3.12. The van der Waals surface area contributed by atoms with Gasteiger partial charge in [0.1, 0.15) is 5.01 Å². The van der Waals surface area contributed by atoms with Crippen LogP contribution >= 0.6 is 11.3 Å². The minimum absolute atomic E-state index is 0.0160. The Morgan fingerprint density at radius 1 is 1.25 bits per heavy atom. The van der Waals surface area contributed by atoms with E-state index in [9.17, 15) is 0 Å². The molecule has 0 amide bonds. The van der Waals surface area contributed by atoms with Crippen LogP contribution < -0.4 is 5.73 Å². The summed E-state index contributed by atoms with van der Waals surface area (Å²) in [5.41, 5.74) is 9.12. The van der Waals surface area contributed by atoms with E-state index in [4.69, 9.17) is 5.73 Å². The van der Waals surface area contributed by atoms with Gasteiger partial charge in [-0.1, -0.05) is 13.0 Å². The monoisotopic (exact) mass is 290 g/mol. The van der Waals surface area contributed by atoms with Gasteiger partial charge in [-0.25, -0.2) is 4.98 Å². The topological polar surface area (TPSA) is 55.0 Å². The first-order chi connectivity index (χ1) is 9.58. The molecule has 1 atom stereocenters. The molecular formula is C15H22N4S. The van der Waals surface area contributed by atoms with Crippen LogP contribution in [0.1, 0.15) is 42.0 Å². The first-order valence-corrected chi connectivity index (χ1v) is 7.81. The first kappa shape index (κ1) is 15.1. The molecule has 20 heavy (non-hydrogen) atoms. The standard InChI is InChI=1S/C15H22N4S/c1-4-19(8-13-7-5-6-11(2)17-13)9-14-10-20-15(18-14)12(3)16/h5-7,10,12H,4,8-9,16H2,1-3H3. The van der Waals surface area contributed by atoms with Crippen LogP contribution in [0.15, 0.2) is 23.6 Å². The number of aryl methyl sites for hydroxylation is 1. The van der Waals surface area contributed by atoms with Crippen LogP contribution in [-0.4, -0.2) is 21.4 Å². The lowest BCUT2D eigenvalue weighted by Gasteiger charge is -2.18. The van der Waals surface area contributed by atoms with Crippen molar-refractivity contribution in [3.05, 3.63) is 45.7 Å². The number of nitrogens with zero attached hydrogens (tertiary/aromatic N) is 3. The zero-order valence-electron chi connectivity index (χ0n) is 12.3. The Labute approximate surface area is 124 Å². The van der Waals surface area contributed by atoms with Crippen molar-refractivity contribution in [3.63, 3.8) is 0 Å². The van der Waals surface area contributed by atoms with E-state index in [2.05, 4.69) is 39.3 Å². The summed E-state index contributed by atoms with van der Waals surface area (Å²) in [5, 5.41) is 3.11. The van der Waals surface area contributed by atoms with Gasteiger partial charge < -0.3 is 5.73 Å². The number of aromatic nitrogens is 2. The summed E-state index contributed by atoms with van der Waals surface area (Å²) in [7, 11) is 0. The maximum Gasteiger partial charge on any atom is 0.109 e. The molecule has 0 aliphatic heterocycles. The van der Waals surface area contributed by atoms with Crippen molar-refractivity contribution in [2.45, 2.75) is 39.9 Å². The molecule has 2 heterocycles. The normalized spacial score (nSPS) is 12.8. The van der Waals surface area contributed by atoms with E-state index in [0.717, 1.165) is 41.7 Å². The molecule has 0 spiro atoms. The number of nitrogens with two attached hydrogens (primary N) is 1. The van der Waals surface area contributed by atoms with E-state index in [0.29, 0.717) is 0 Å². The van der Waals surface area contributed by atoms with Crippen LogP contribution in [0.4, 0.5) is 0 Å². The van der Waals surface area contributed by atoms with Crippen molar-refractivity contribution in [2.75, 3.05) is 6.54 Å². The largest absolute Gasteiger partial charge is 0.322 e.